The predicted octanol–water partition coefficient (Wildman–Crippen LogP) is 4.65. The summed E-state index contributed by atoms with van der Waals surface area (Å²) in [6.45, 7) is 9.87. The first-order valence-electron chi connectivity index (χ1n) is 10.4. The van der Waals surface area contributed by atoms with Crippen LogP contribution < -0.4 is 10.1 Å². The first kappa shape index (κ1) is 19.2. The Kier molecular flexibility index (Phi) is 6.23. The van der Waals surface area contributed by atoms with E-state index in [0.717, 1.165) is 19.3 Å². The third-order valence-electron chi connectivity index (χ3n) is 6.23. The Bertz CT molecular complexity index is 631. The van der Waals surface area contributed by atoms with E-state index in [2.05, 4.69) is 43.1 Å². The van der Waals surface area contributed by atoms with Crippen molar-refractivity contribution in [3.63, 3.8) is 0 Å². The largest absolute Gasteiger partial charge is 0.412 e. The Morgan fingerprint density at radius 2 is 2.12 bits per heavy atom. The number of likely N-dealkylation sites (tertiary alicyclic amines) is 1. The van der Waals surface area contributed by atoms with E-state index < -0.39 is 0 Å². The van der Waals surface area contributed by atoms with Crippen molar-refractivity contribution in [2.45, 2.75) is 77.2 Å². The van der Waals surface area contributed by atoms with Crippen LogP contribution in [0.3, 0.4) is 0 Å². The fraction of sp³-hybridized carbons (Fsp3) is 0.682. The molecule has 2 aliphatic rings. The molecule has 0 radical (unpaired) electrons. The third kappa shape index (κ3) is 3.90. The topological polar surface area (TPSA) is 41.6 Å². The minimum atomic E-state index is -0.333. The molecule has 26 heavy (non-hydrogen) atoms. The van der Waals surface area contributed by atoms with Gasteiger partial charge in [0.1, 0.15) is 5.75 Å². The number of hydrogen-bond acceptors (Lipinski definition) is 3. The number of unbranched alkanes of at least 4 members (excludes halogenated alkanes) is 3. The molecule has 144 valence electrons. The Hall–Kier alpha value is -1.55. The quantitative estimate of drug-likeness (QED) is 0.688. The molecule has 4 heteroatoms. The van der Waals surface area contributed by atoms with Crippen LogP contribution in [0.15, 0.2) is 18.2 Å². The summed E-state index contributed by atoms with van der Waals surface area (Å²) in [6, 6.07) is 6.82. The molecule has 1 aromatic rings. The second kappa shape index (κ2) is 8.43. The number of ether oxygens (including phenoxy) is 1. The maximum atomic E-state index is 12.0. The molecule has 1 aliphatic heterocycles. The number of carbonyl (C=O) groups is 1. The number of benzene rings is 1. The van der Waals surface area contributed by atoms with E-state index >= 15 is 0 Å². The second-order valence-electron chi connectivity index (χ2n) is 8.12. The number of nitrogens with one attached hydrogen (secondary N) is 1. The van der Waals surface area contributed by atoms with Gasteiger partial charge in [-0.2, -0.15) is 0 Å². The molecule has 2 atom stereocenters. The van der Waals surface area contributed by atoms with E-state index in [4.69, 9.17) is 4.74 Å². The molecule has 0 bridgehead atoms. The fourth-order valence-electron chi connectivity index (χ4n) is 4.75. The molecule has 1 fully saturated rings. The lowest BCUT2D eigenvalue weighted by Crippen LogP contribution is -2.38. The van der Waals surface area contributed by atoms with Crippen molar-refractivity contribution in [1.29, 1.82) is 0 Å². The average Bonchev–Trinajstić information content (AvgIpc) is 3.08. The zero-order chi connectivity index (χ0) is 18.6. The maximum Gasteiger partial charge on any atom is 0.412 e. The van der Waals surface area contributed by atoms with Crippen LogP contribution in [0.25, 0.3) is 0 Å². The zero-order valence-electron chi connectivity index (χ0n) is 16.6. The van der Waals surface area contributed by atoms with Gasteiger partial charge in [0.2, 0.25) is 0 Å². The SMILES string of the molecule is CCCCCCNC(=O)Oc1ccc2c(c1)[C@@]1(C)CCN(CCC)[C@H]1C2. The molecule has 1 aromatic carbocycles. The highest BCUT2D eigenvalue weighted by atomic mass is 16.6. The highest BCUT2D eigenvalue weighted by Gasteiger charge is 2.49. The molecule has 0 aromatic heterocycles. The molecule has 0 unspecified atom stereocenters. The van der Waals surface area contributed by atoms with Crippen molar-refractivity contribution < 1.29 is 9.53 Å². The molecular formula is C22H34N2O2. The van der Waals surface area contributed by atoms with Crippen LogP contribution in [0.4, 0.5) is 4.79 Å². The maximum absolute atomic E-state index is 12.0. The fourth-order valence-corrected chi connectivity index (χ4v) is 4.75. The highest BCUT2D eigenvalue weighted by molar-refractivity contribution is 5.70. The Morgan fingerprint density at radius 1 is 1.27 bits per heavy atom. The number of amides is 1. The van der Waals surface area contributed by atoms with Gasteiger partial charge in [0.25, 0.3) is 0 Å². The summed E-state index contributed by atoms with van der Waals surface area (Å²) in [4.78, 5) is 14.7. The smallest absolute Gasteiger partial charge is 0.410 e. The van der Waals surface area contributed by atoms with E-state index in [1.165, 1.54) is 49.9 Å². The first-order chi connectivity index (χ1) is 12.6. The molecule has 1 N–H and O–H groups in total. The lowest BCUT2D eigenvalue weighted by Gasteiger charge is -2.29. The summed E-state index contributed by atoms with van der Waals surface area (Å²) in [5.41, 5.74) is 3.00. The normalized spacial score (nSPS) is 24.3. The lowest BCUT2D eigenvalue weighted by molar-refractivity contribution is 0.200. The molecule has 1 amide bonds. The molecular weight excluding hydrogens is 324 g/mol. The van der Waals surface area contributed by atoms with Crippen LogP contribution in [-0.2, 0) is 11.8 Å². The van der Waals surface area contributed by atoms with Gasteiger partial charge in [-0.1, -0.05) is 46.1 Å². The molecule has 1 aliphatic carbocycles. The van der Waals surface area contributed by atoms with Crippen molar-refractivity contribution in [1.82, 2.24) is 10.2 Å². The summed E-state index contributed by atoms with van der Waals surface area (Å²) < 4.78 is 5.55. The Balaban J connectivity index is 1.60. The summed E-state index contributed by atoms with van der Waals surface area (Å²) in [5, 5.41) is 2.87. The summed E-state index contributed by atoms with van der Waals surface area (Å²) in [7, 11) is 0. The number of carbonyl (C=O) groups excluding carboxylic acids is 1. The molecule has 3 rings (SSSR count). The van der Waals surface area contributed by atoms with Gasteiger partial charge in [0.05, 0.1) is 0 Å². The van der Waals surface area contributed by atoms with E-state index in [9.17, 15) is 4.79 Å². The minimum absolute atomic E-state index is 0.195. The predicted molar refractivity (Wildman–Crippen MR) is 106 cm³/mol. The average molecular weight is 359 g/mol. The second-order valence-corrected chi connectivity index (χ2v) is 8.12. The van der Waals surface area contributed by atoms with Crippen molar-refractivity contribution in [3.8, 4) is 5.75 Å². The number of hydrogen-bond donors (Lipinski definition) is 1. The molecule has 0 saturated carbocycles. The van der Waals surface area contributed by atoms with Crippen LogP contribution in [0.5, 0.6) is 5.75 Å². The number of nitrogens with zero attached hydrogens (tertiary/aromatic N) is 1. The zero-order valence-corrected chi connectivity index (χ0v) is 16.6. The van der Waals surface area contributed by atoms with Crippen molar-refractivity contribution in [3.05, 3.63) is 29.3 Å². The van der Waals surface area contributed by atoms with Gasteiger partial charge in [-0.05, 0) is 62.0 Å². The lowest BCUT2D eigenvalue weighted by atomic mass is 9.80. The van der Waals surface area contributed by atoms with Gasteiger partial charge in [-0.25, -0.2) is 4.79 Å². The Morgan fingerprint density at radius 3 is 2.88 bits per heavy atom. The van der Waals surface area contributed by atoms with Gasteiger partial charge < -0.3 is 10.1 Å². The van der Waals surface area contributed by atoms with Crippen LogP contribution >= 0.6 is 0 Å². The first-order valence-corrected chi connectivity index (χ1v) is 10.4. The molecule has 1 saturated heterocycles. The van der Waals surface area contributed by atoms with E-state index in [0.29, 0.717) is 18.3 Å². The number of rotatable bonds is 8. The van der Waals surface area contributed by atoms with Gasteiger partial charge in [0.15, 0.2) is 0 Å². The molecule has 0 spiro atoms. The van der Waals surface area contributed by atoms with Crippen molar-refractivity contribution in [2.75, 3.05) is 19.6 Å². The summed E-state index contributed by atoms with van der Waals surface area (Å²) >= 11 is 0. The van der Waals surface area contributed by atoms with Crippen LogP contribution in [0, 0.1) is 0 Å². The van der Waals surface area contributed by atoms with Gasteiger partial charge in [0, 0.05) is 18.0 Å². The van der Waals surface area contributed by atoms with E-state index in [1.807, 2.05) is 6.07 Å². The van der Waals surface area contributed by atoms with Gasteiger partial charge in [-0.15, -0.1) is 0 Å². The van der Waals surface area contributed by atoms with Crippen LogP contribution in [0.1, 0.15) is 70.4 Å². The number of fused-ring (bicyclic) bond motifs is 3. The van der Waals surface area contributed by atoms with Gasteiger partial charge >= 0.3 is 6.09 Å². The van der Waals surface area contributed by atoms with Crippen LogP contribution in [0.2, 0.25) is 0 Å². The highest BCUT2D eigenvalue weighted by Crippen LogP contribution is 2.48. The molecule has 4 nitrogen and oxygen atoms in total. The minimum Gasteiger partial charge on any atom is -0.410 e. The molecule has 1 heterocycles. The third-order valence-corrected chi connectivity index (χ3v) is 6.23. The van der Waals surface area contributed by atoms with E-state index in [-0.39, 0.29) is 11.5 Å². The Labute approximate surface area is 158 Å². The summed E-state index contributed by atoms with van der Waals surface area (Å²) in [5.74, 6) is 0.672. The van der Waals surface area contributed by atoms with Crippen molar-refractivity contribution >= 4 is 6.09 Å². The van der Waals surface area contributed by atoms with Crippen LogP contribution in [-0.4, -0.2) is 36.7 Å². The van der Waals surface area contributed by atoms with Gasteiger partial charge in [-0.3, -0.25) is 4.90 Å². The standard InChI is InChI=1S/C22H34N2O2/c1-4-6-7-8-12-23-21(25)26-18-10-9-17-15-20-22(3,19(17)16-18)11-14-24(20)13-5-2/h9-10,16,20H,4-8,11-15H2,1-3H3,(H,23,25)/t20-,22+/m0/s1. The monoisotopic (exact) mass is 358 g/mol. The van der Waals surface area contributed by atoms with E-state index in [1.54, 1.807) is 0 Å². The summed E-state index contributed by atoms with van der Waals surface area (Å²) in [6.07, 6.45) is 7.78. The van der Waals surface area contributed by atoms with Crippen molar-refractivity contribution in [2.24, 2.45) is 0 Å².